The van der Waals surface area contributed by atoms with Crippen molar-refractivity contribution in [2.24, 2.45) is 0 Å². The molecule has 4 heterocycles. The fraction of sp³-hybridized carbons (Fsp3) is 0.194. The lowest BCUT2D eigenvalue weighted by molar-refractivity contribution is -0.0000668. The second kappa shape index (κ2) is 35.8. The van der Waals surface area contributed by atoms with Crippen LogP contribution in [0, 0.1) is 24.4 Å². The Balaban J connectivity index is 0.000000208. The van der Waals surface area contributed by atoms with Gasteiger partial charge in [-0.2, -0.15) is 8.42 Å². The number of phenolic OH excluding ortho intramolecular Hbond substituents is 1. The number of carbonyl (C=O) groups is 4. The summed E-state index contributed by atoms with van der Waals surface area (Å²) in [6.45, 7) is 2.97. The Morgan fingerprint density at radius 3 is 1.30 bits per heavy atom. The Morgan fingerprint density at radius 1 is 0.535 bits per heavy atom. The van der Waals surface area contributed by atoms with E-state index in [1.807, 2.05) is 6.92 Å². The molecular formula is C72H62Cl6F4N2O16S-2. The van der Waals surface area contributed by atoms with Crippen LogP contribution in [-0.4, -0.2) is 126 Å². The van der Waals surface area contributed by atoms with E-state index in [0.717, 1.165) is 22.6 Å². The van der Waals surface area contributed by atoms with Gasteiger partial charge >= 0.3 is 0 Å². The molecule has 29 heteroatoms. The van der Waals surface area contributed by atoms with E-state index >= 15 is 0 Å². The second-order valence-electron chi connectivity index (χ2n) is 21.6. The fourth-order valence-electron chi connectivity index (χ4n) is 9.81. The van der Waals surface area contributed by atoms with Crippen LogP contribution in [0.3, 0.4) is 0 Å². The van der Waals surface area contributed by atoms with Gasteiger partial charge < -0.3 is 49.5 Å². The molecule has 2 fully saturated rings. The van der Waals surface area contributed by atoms with Gasteiger partial charge in [0.2, 0.25) is 0 Å². The molecule has 9 aromatic rings. The first kappa shape index (κ1) is 79.6. The number of aliphatic hydroxyl groups is 1. The van der Waals surface area contributed by atoms with Gasteiger partial charge in [0.25, 0.3) is 33.7 Å². The molecule has 9 aromatic carbocycles. The lowest BCUT2D eigenvalue weighted by atomic mass is 10.0. The first-order valence-electron chi connectivity index (χ1n) is 29.5. The topological polar surface area (TPSA) is 239 Å². The fourth-order valence-corrected chi connectivity index (χ4v) is 12.5. The van der Waals surface area contributed by atoms with Crippen LogP contribution < -0.4 is 33.7 Å². The van der Waals surface area contributed by atoms with Crippen LogP contribution in [0.15, 0.2) is 169 Å². The first-order valence-corrected chi connectivity index (χ1v) is 33.2. The normalized spacial score (nSPS) is 14.5. The van der Waals surface area contributed by atoms with E-state index in [9.17, 15) is 51.0 Å². The molecule has 3 N–H and O–H groups in total. The Morgan fingerprint density at radius 2 is 0.901 bits per heavy atom. The SMILES string of the molecule is C.COc1c(O)cc(F)cc1-c1c(Cl)cccc1Cl.COc1c(OCC2CO2)cc(F)cc1-c1c(Cl)cccc1Cl.COc1c(OC[C@H](O)CN2C(=O)c3ccccc3C2=O)cc(F)cc1-c1c(Cl)cccc1Cl.Cc1ccc(S(=O)(=O)OCC2CO2)cc1.O=C1NC(=O)c2ccccc21.[2H-].[F-]. The highest BCUT2D eigenvalue weighted by Crippen LogP contribution is 2.48. The van der Waals surface area contributed by atoms with Gasteiger partial charge in [-0.1, -0.05) is 137 Å². The number of rotatable bonds is 18. The van der Waals surface area contributed by atoms with Crippen molar-refractivity contribution in [1.29, 1.82) is 0 Å². The van der Waals surface area contributed by atoms with Crippen molar-refractivity contribution >= 4 is 103 Å². The first-order chi connectivity index (χ1) is 47.3. The molecule has 4 aliphatic heterocycles. The minimum Gasteiger partial charge on any atom is -1.00 e. The monoisotopic (exact) mass is 1530 g/mol. The van der Waals surface area contributed by atoms with Crippen molar-refractivity contribution in [3.05, 3.63) is 239 Å². The number of β-amino-alcohol motifs (C(OH)–C–C–N with tert-alkyl or cyclic N) is 1. The number of hydrogen-bond acceptors (Lipinski definition) is 16. The molecule has 0 aliphatic carbocycles. The molecule has 0 bridgehead atoms. The summed E-state index contributed by atoms with van der Waals surface area (Å²) >= 11 is 37.1. The van der Waals surface area contributed by atoms with E-state index in [2.05, 4.69) is 5.32 Å². The van der Waals surface area contributed by atoms with Gasteiger partial charge in [-0.25, -0.2) is 13.2 Å². The number of aryl methyl sites for hydroxylation is 1. The Labute approximate surface area is 609 Å². The number of ether oxygens (including phenoxy) is 7. The minimum absolute atomic E-state index is 0. The molecule has 2 saturated heterocycles. The van der Waals surface area contributed by atoms with Crippen molar-refractivity contribution in [3.63, 3.8) is 0 Å². The van der Waals surface area contributed by atoms with Gasteiger partial charge in [0.15, 0.2) is 34.5 Å². The molecule has 3 atom stereocenters. The van der Waals surface area contributed by atoms with Crippen molar-refractivity contribution in [1.82, 2.24) is 10.2 Å². The number of carbonyl (C=O) groups excluding carboxylic acids is 4. The van der Waals surface area contributed by atoms with Gasteiger partial charge in [0.1, 0.15) is 49.0 Å². The van der Waals surface area contributed by atoms with Crippen molar-refractivity contribution in [2.45, 2.75) is 37.6 Å². The third-order valence-electron chi connectivity index (χ3n) is 14.7. The van der Waals surface area contributed by atoms with E-state index in [4.69, 9.17) is 107 Å². The number of epoxide rings is 2. The lowest BCUT2D eigenvalue weighted by Crippen LogP contribution is -3.00. The average Bonchev–Trinajstić information content (AvgIpc) is 1.73. The number of methoxy groups -OCH3 is 3. The van der Waals surface area contributed by atoms with Gasteiger partial charge in [0.05, 0.1) is 105 Å². The highest BCUT2D eigenvalue weighted by molar-refractivity contribution is 7.86. The summed E-state index contributed by atoms with van der Waals surface area (Å²) in [7, 11) is 0.631. The van der Waals surface area contributed by atoms with E-state index in [0.29, 0.717) is 100 Å². The zero-order valence-corrected chi connectivity index (χ0v) is 58.2. The van der Waals surface area contributed by atoms with Crippen molar-refractivity contribution < 1.29 is 94.5 Å². The third-order valence-corrected chi connectivity index (χ3v) is 17.9. The third kappa shape index (κ3) is 19.9. The van der Waals surface area contributed by atoms with Crippen LogP contribution in [0.4, 0.5) is 13.2 Å². The number of fused-ring (bicyclic) bond motifs is 2. The number of imide groups is 2. The molecule has 101 heavy (non-hydrogen) atoms. The molecular weight excluding hydrogens is 1470 g/mol. The predicted octanol–water partition coefficient (Wildman–Crippen LogP) is 13.4. The van der Waals surface area contributed by atoms with Crippen LogP contribution in [-0.2, 0) is 23.8 Å². The largest absolute Gasteiger partial charge is 1.00 e. The number of nitrogens with zero attached hydrogens (tertiary/aromatic N) is 1. The molecule has 18 nitrogen and oxygen atoms in total. The Bertz CT molecular complexity index is 4510. The Kier molecular flexibility index (Phi) is 28.2. The summed E-state index contributed by atoms with van der Waals surface area (Å²) < 4.78 is 107. The maximum absolute atomic E-state index is 14.4. The zero-order chi connectivity index (χ0) is 71.4. The summed E-state index contributed by atoms with van der Waals surface area (Å²) in [6.07, 6.45) is -1.22. The van der Waals surface area contributed by atoms with Crippen LogP contribution >= 0.6 is 69.6 Å². The highest BCUT2D eigenvalue weighted by Gasteiger charge is 2.37. The van der Waals surface area contributed by atoms with Crippen molar-refractivity contribution in [3.8, 4) is 67.9 Å². The molecule has 2 unspecified atom stereocenters. The molecule has 0 spiro atoms. The molecule has 0 radical (unpaired) electrons. The van der Waals surface area contributed by atoms with Crippen LogP contribution in [0.25, 0.3) is 33.4 Å². The standard InChI is InChI=1S/C24H18Cl2FNO5.C16H13Cl2FO3.C13H9Cl2FO2.C10H12O4S.C8H5NO2.CH4.FH.H/c1-32-22-17(21-18(25)7-4-8-19(21)26)9-13(27)10-20(22)33-12-14(29)11-28-23(30)15-5-2-3-6-16(15)24(28)31;1-20-16-11(15-12(17)3-2-4-13(15)18)5-9(19)6-14(16)22-8-10-7-21-10;1-18-13-8(5-7(16)6-11(13)17)12-9(14)3-2-4-10(12)15;1-8-2-4-10(5-3-8)15(11,12)14-7-9-6-13-9;10-7-5-3-1-2-4-6(5)8(11)9-7;;;/h2-10,14,29H,11-12H2,1H3;2-6,10H,7-8H2,1H3;2-6,17H,1H3;2-5,9H,6-7H2,1H3;1-4H,(H,9,10,11);1H4;1H;/q;;;;;;;-1/p-1/t14-;;;;;;;/m1......./s1/i;;;;;;;1+1. The van der Waals surface area contributed by atoms with E-state index in [-0.39, 0.29) is 102 Å². The second-order valence-corrected chi connectivity index (χ2v) is 25.7. The van der Waals surface area contributed by atoms with Gasteiger partial charge in [-0.05, 0) is 97.9 Å². The molecule has 534 valence electrons. The summed E-state index contributed by atoms with van der Waals surface area (Å²) in [5.41, 5.74) is 4.85. The van der Waals surface area contributed by atoms with Gasteiger partial charge in [-0.3, -0.25) is 33.6 Å². The predicted molar refractivity (Wildman–Crippen MR) is 376 cm³/mol. The van der Waals surface area contributed by atoms with Crippen LogP contribution in [0.5, 0.6) is 34.5 Å². The number of halogens is 10. The summed E-state index contributed by atoms with van der Waals surface area (Å²) in [5, 5.41) is 24.4. The van der Waals surface area contributed by atoms with Gasteiger partial charge in [-0.15, -0.1) is 0 Å². The number of phenols is 1. The molecule has 4 aliphatic rings. The average molecular weight is 1530 g/mol. The van der Waals surface area contributed by atoms with Gasteiger partial charge in [0, 0.05) is 51.6 Å². The summed E-state index contributed by atoms with van der Waals surface area (Å²) in [5.74, 6) is -2.59. The maximum atomic E-state index is 14.4. The quantitative estimate of drug-likeness (QED) is 0.0313. The van der Waals surface area contributed by atoms with E-state index in [1.165, 1.54) is 45.6 Å². The van der Waals surface area contributed by atoms with Crippen LogP contribution in [0.2, 0.25) is 30.1 Å². The molecule has 13 rings (SSSR count). The number of hydrogen-bond donors (Lipinski definition) is 3. The number of aliphatic hydroxyl groups excluding tert-OH is 1. The Hall–Kier alpha value is -8.69. The number of benzene rings is 9. The number of amides is 4. The van der Waals surface area contributed by atoms with Crippen LogP contribution in [0.1, 0.15) is 55.8 Å². The molecule has 4 amide bonds. The maximum Gasteiger partial charge on any atom is 0.297 e. The van der Waals surface area contributed by atoms with E-state index in [1.54, 1.807) is 127 Å². The smallest absolute Gasteiger partial charge is 0.297 e. The highest BCUT2D eigenvalue weighted by atomic mass is 35.5. The molecule has 0 saturated carbocycles. The number of aromatic hydroxyl groups is 1. The zero-order valence-electron chi connectivity index (χ0n) is 53.8. The van der Waals surface area contributed by atoms with E-state index < -0.39 is 45.5 Å². The minimum atomic E-state index is -3.61. The number of nitrogens with one attached hydrogen (secondary N) is 1. The molecule has 0 aromatic heterocycles. The van der Waals surface area contributed by atoms with Crippen molar-refractivity contribution in [2.75, 3.05) is 60.9 Å². The summed E-state index contributed by atoms with van der Waals surface area (Å²) in [4.78, 5) is 48.0. The lowest BCUT2D eigenvalue weighted by Gasteiger charge is -2.20. The summed E-state index contributed by atoms with van der Waals surface area (Å²) in [6, 6.07) is 41.7.